The maximum atomic E-state index is 12.2. The van der Waals surface area contributed by atoms with E-state index in [0.717, 1.165) is 5.56 Å². The van der Waals surface area contributed by atoms with Crippen molar-refractivity contribution in [2.75, 3.05) is 6.54 Å². The van der Waals surface area contributed by atoms with E-state index < -0.39 is 23.7 Å². The van der Waals surface area contributed by atoms with Crippen molar-refractivity contribution in [2.24, 2.45) is 0 Å². The number of ether oxygens (including phenoxy) is 1. The lowest BCUT2D eigenvalue weighted by atomic mass is 10.2. The SMILES string of the molecule is O=C(O)CN1C(=O)S/C(=C/c2cc(Cl)c(OCc3ccc(Cl)cc3)c(Br)c2)C1=O. The molecule has 0 spiro atoms. The number of rotatable bonds is 6. The second kappa shape index (κ2) is 9.21. The number of benzene rings is 2. The molecule has 10 heteroatoms. The van der Waals surface area contributed by atoms with Gasteiger partial charge in [-0.05, 0) is 69.2 Å². The van der Waals surface area contributed by atoms with Gasteiger partial charge in [-0.1, -0.05) is 35.3 Å². The fourth-order valence-electron chi connectivity index (χ4n) is 2.46. The molecule has 2 aromatic rings. The minimum Gasteiger partial charge on any atom is -0.486 e. The summed E-state index contributed by atoms with van der Waals surface area (Å²) in [5, 5.41) is 9.13. The fraction of sp³-hybridized carbons (Fsp3) is 0.105. The van der Waals surface area contributed by atoms with Crippen LogP contribution in [0.25, 0.3) is 6.08 Å². The van der Waals surface area contributed by atoms with Crippen LogP contribution in [0.4, 0.5) is 4.79 Å². The molecule has 2 amide bonds. The molecule has 0 aliphatic carbocycles. The minimum absolute atomic E-state index is 0.119. The molecule has 1 aliphatic heterocycles. The van der Waals surface area contributed by atoms with Gasteiger partial charge in [0.15, 0.2) is 5.75 Å². The van der Waals surface area contributed by atoms with E-state index >= 15 is 0 Å². The second-order valence-corrected chi connectivity index (χ2v) is 8.58. The zero-order valence-corrected chi connectivity index (χ0v) is 18.4. The molecule has 150 valence electrons. The number of thioether (sulfide) groups is 1. The van der Waals surface area contributed by atoms with E-state index in [1.807, 2.05) is 12.1 Å². The number of carbonyl (C=O) groups excluding carboxylic acids is 2. The summed E-state index contributed by atoms with van der Waals surface area (Å²) in [7, 11) is 0. The van der Waals surface area contributed by atoms with Gasteiger partial charge in [-0.15, -0.1) is 0 Å². The van der Waals surface area contributed by atoms with Crippen molar-refractivity contribution in [3.63, 3.8) is 0 Å². The first kappa shape index (κ1) is 21.7. The lowest BCUT2D eigenvalue weighted by Gasteiger charge is -2.11. The number of amides is 2. The Morgan fingerprint density at radius 3 is 2.52 bits per heavy atom. The highest BCUT2D eigenvalue weighted by Gasteiger charge is 2.36. The van der Waals surface area contributed by atoms with Crippen LogP contribution in [0.3, 0.4) is 0 Å². The van der Waals surface area contributed by atoms with E-state index in [2.05, 4.69) is 15.9 Å². The summed E-state index contributed by atoms with van der Waals surface area (Å²) in [5.74, 6) is -1.49. The van der Waals surface area contributed by atoms with Crippen LogP contribution >= 0.6 is 50.9 Å². The van der Waals surface area contributed by atoms with Crippen molar-refractivity contribution in [1.82, 2.24) is 4.90 Å². The third kappa shape index (κ3) is 5.33. The predicted octanol–water partition coefficient (Wildman–Crippen LogP) is 5.46. The molecule has 3 rings (SSSR count). The van der Waals surface area contributed by atoms with Crippen molar-refractivity contribution in [3.8, 4) is 5.75 Å². The van der Waals surface area contributed by atoms with Crippen molar-refractivity contribution >= 4 is 74.1 Å². The molecule has 0 saturated carbocycles. The molecule has 1 saturated heterocycles. The number of carboxylic acid groups (broad SMARTS) is 1. The molecule has 0 unspecified atom stereocenters. The average Bonchev–Trinajstić information content (AvgIpc) is 2.89. The maximum absolute atomic E-state index is 12.2. The molecule has 2 aromatic carbocycles. The molecular weight excluding hydrogens is 505 g/mol. The smallest absolute Gasteiger partial charge is 0.323 e. The Hall–Kier alpha value is -2.00. The van der Waals surface area contributed by atoms with E-state index in [1.54, 1.807) is 24.3 Å². The van der Waals surface area contributed by atoms with Crippen LogP contribution in [0.5, 0.6) is 5.75 Å². The molecule has 0 radical (unpaired) electrons. The predicted molar refractivity (Wildman–Crippen MR) is 115 cm³/mol. The molecular formula is C19H12BrCl2NO5S. The molecule has 0 bridgehead atoms. The number of carbonyl (C=O) groups is 3. The molecule has 1 heterocycles. The lowest BCUT2D eigenvalue weighted by molar-refractivity contribution is -0.140. The quantitative estimate of drug-likeness (QED) is 0.513. The number of carboxylic acids is 1. The lowest BCUT2D eigenvalue weighted by Crippen LogP contribution is -2.33. The second-order valence-electron chi connectivity index (χ2n) is 5.89. The normalized spacial score (nSPS) is 15.3. The van der Waals surface area contributed by atoms with E-state index in [-0.39, 0.29) is 11.5 Å². The van der Waals surface area contributed by atoms with Crippen LogP contribution in [0.2, 0.25) is 10.0 Å². The molecule has 1 fully saturated rings. The number of aliphatic carboxylic acids is 1. The van der Waals surface area contributed by atoms with Crippen LogP contribution in [0.15, 0.2) is 45.8 Å². The zero-order chi connectivity index (χ0) is 21.1. The summed E-state index contributed by atoms with van der Waals surface area (Å²) in [5.41, 5.74) is 1.47. The fourth-order valence-corrected chi connectivity index (χ4v) is 4.41. The monoisotopic (exact) mass is 515 g/mol. The Morgan fingerprint density at radius 1 is 1.21 bits per heavy atom. The summed E-state index contributed by atoms with van der Waals surface area (Å²) in [6.45, 7) is -0.396. The van der Waals surface area contributed by atoms with Gasteiger partial charge in [-0.2, -0.15) is 0 Å². The first-order valence-corrected chi connectivity index (χ1v) is 10.4. The first-order valence-electron chi connectivity index (χ1n) is 8.08. The van der Waals surface area contributed by atoms with Gasteiger partial charge in [0.25, 0.3) is 11.1 Å². The topological polar surface area (TPSA) is 83.9 Å². The Bertz CT molecular complexity index is 1000. The number of halogens is 3. The number of hydrogen-bond donors (Lipinski definition) is 1. The third-order valence-corrected chi connectivity index (χ3v) is 5.81. The van der Waals surface area contributed by atoms with Crippen molar-refractivity contribution in [1.29, 1.82) is 0 Å². The highest BCUT2D eigenvalue weighted by Crippen LogP contribution is 2.38. The summed E-state index contributed by atoms with van der Waals surface area (Å²) < 4.78 is 6.34. The van der Waals surface area contributed by atoms with Crippen molar-refractivity contribution < 1.29 is 24.2 Å². The van der Waals surface area contributed by atoms with Gasteiger partial charge < -0.3 is 9.84 Å². The number of hydrogen-bond acceptors (Lipinski definition) is 5. The van der Waals surface area contributed by atoms with Crippen molar-refractivity contribution in [2.45, 2.75) is 6.61 Å². The van der Waals surface area contributed by atoms with Crippen molar-refractivity contribution in [3.05, 3.63) is 66.9 Å². The summed E-state index contributed by atoms with van der Waals surface area (Å²) in [4.78, 5) is 35.7. The first-order chi connectivity index (χ1) is 13.7. The zero-order valence-electron chi connectivity index (χ0n) is 14.5. The van der Waals surface area contributed by atoms with Gasteiger partial charge in [0.1, 0.15) is 13.2 Å². The standard InChI is InChI=1S/C19H12BrCl2NO5S/c20-13-5-11(7-15-18(26)23(8-16(24)25)19(27)29-15)6-14(22)17(13)28-9-10-1-3-12(21)4-2-10/h1-7H,8-9H2,(H,24,25)/b15-7+. The Morgan fingerprint density at radius 2 is 1.90 bits per heavy atom. The van der Waals surface area contributed by atoms with Crippen LogP contribution in [-0.4, -0.2) is 33.7 Å². The number of nitrogens with zero attached hydrogens (tertiary/aromatic N) is 1. The molecule has 0 atom stereocenters. The Labute approximate surface area is 188 Å². The molecule has 29 heavy (non-hydrogen) atoms. The molecule has 1 aliphatic rings. The van der Waals surface area contributed by atoms with Gasteiger partial charge in [-0.25, -0.2) is 0 Å². The highest BCUT2D eigenvalue weighted by atomic mass is 79.9. The van der Waals surface area contributed by atoms with Gasteiger partial charge in [-0.3, -0.25) is 19.3 Å². The average molecular weight is 517 g/mol. The molecule has 1 N–H and O–H groups in total. The minimum atomic E-state index is -1.26. The molecule has 0 aromatic heterocycles. The van der Waals surface area contributed by atoms with Gasteiger partial charge >= 0.3 is 5.97 Å². The summed E-state index contributed by atoms with van der Waals surface area (Å²) in [6.07, 6.45) is 1.48. The summed E-state index contributed by atoms with van der Waals surface area (Å²) >= 11 is 16.3. The third-order valence-electron chi connectivity index (χ3n) is 3.78. The van der Waals surface area contributed by atoms with E-state index in [4.69, 9.17) is 33.0 Å². The van der Waals surface area contributed by atoms with Crippen LogP contribution < -0.4 is 4.74 Å². The number of imide groups is 1. The van der Waals surface area contributed by atoms with E-state index in [1.165, 1.54) is 6.08 Å². The van der Waals surface area contributed by atoms with Gasteiger partial charge in [0.2, 0.25) is 0 Å². The molecule has 6 nitrogen and oxygen atoms in total. The Balaban J connectivity index is 1.77. The van der Waals surface area contributed by atoms with E-state index in [9.17, 15) is 14.4 Å². The maximum Gasteiger partial charge on any atom is 0.323 e. The summed E-state index contributed by atoms with van der Waals surface area (Å²) in [6, 6.07) is 10.5. The van der Waals surface area contributed by atoms with Crippen LogP contribution in [-0.2, 0) is 16.2 Å². The van der Waals surface area contributed by atoms with Crippen LogP contribution in [0, 0.1) is 0 Å². The van der Waals surface area contributed by atoms with E-state index in [0.29, 0.717) is 42.5 Å². The van der Waals surface area contributed by atoms with Gasteiger partial charge in [0.05, 0.1) is 14.4 Å². The van der Waals surface area contributed by atoms with Gasteiger partial charge in [0, 0.05) is 5.02 Å². The Kier molecular flexibility index (Phi) is 6.89. The van der Waals surface area contributed by atoms with Crippen LogP contribution in [0.1, 0.15) is 11.1 Å². The highest BCUT2D eigenvalue weighted by molar-refractivity contribution is 9.10. The largest absolute Gasteiger partial charge is 0.486 e.